The van der Waals surface area contributed by atoms with Crippen molar-refractivity contribution in [3.8, 4) is 0 Å². The number of nitrogens with one attached hydrogen (secondary N) is 1. The van der Waals surface area contributed by atoms with Crippen molar-refractivity contribution in [1.82, 2.24) is 9.97 Å². The third kappa shape index (κ3) is 3.65. The zero-order valence-electron chi connectivity index (χ0n) is 12.4. The van der Waals surface area contributed by atoms with E-state index in [9.17, 15) is 9.18 Å². The fourth-order valence-corrected chi connectivity index (χ4v) is 2.93. The summed E-state index contributed by atoms with van der Waals surface area (Å²) in [4.78, 5) is 20.4. The van der Waals surface area contributed by atoms with Gasteiger partial charge in [-0.2, -0.15) is 0 Å². The summed E-state index contributed by atoms with van der Waals surface area (Å²) in [7, 11) is 0. The molecule has 1 amide bonds. The first-order chi connectivity index (χ1) is 11.1. The number of amides is 1. The van der Waals surface area contributed by atoms with Crippen LogP contribution >= 0.6 is 11.8 Å². The number of thioether (sulfide) groups is 1. The van der Waals surface area contributed by atoms with Gasteiger partial charge in [0.2, 0.25) is 5.91 Å². The first-order valence-corrected chi connectivity index (χ1v) is 8.00. The van der Waals surface area contributed by atoms with E-state index in [0.29, 0.717) is 0 Å². The monoisotopic (exact) mass is 327 g/mol. The lowest BCUT2D eigenvalue weighted by molar-refractivity contribution is -0.113. The lowest BCUT2D eigenvalue weighted by atomic mass is 10.2. The van der Waals surface area contributed by atoms with Gasteiger partial charge in [-0.25, -0.2) is 14.4 Å². The van der Waals surface area contributed by atoms with E-state index in [0.717, 1.165) is 21.5 Å². The second-order valence-corrected chi connectivity index (χ2v) is 5.98. The van der Waals surface area contributed by atoms with Crippen LogP contribution in [0.2, 0.25) is 0 Å². The number of para-hydroxylation sites is 1. The van der Waals surface area contributed by atoms with Crippen LogP contribution in [0.3, 0.4) is 0 Å². The molecule has 0 saturated carbocycles. The fourth-order valence-electron chi connectivity index (χ4n) is 2.14. The molecular formula is C17H14FN3OS. The number of anilines is 1. The average Bonchev–Trinajstić information content (AvgIpc) is 2.55. The van der Waals surface area contributed by atoms with Crippen molar-refractivity contribution in [2.24, 2.45) is 0 Å². The summed E-state index contributed by atoms with van der Waals surface area (Å²) in [5.74, 6) is -0.565. The summed E-state index contributed by atoms with van der Waals surface area (Å²) in [6.07, 6.45) is 1.47. The molecule has 0 fully saturated rings. The minimum absolute atomic E-state index is 0.147. The zero-order chi connectivity index (χ0) is 16.2. The number of hydrogen-bond acceptors (Lipinski definition) is 4. The van der Waals surface area contributed by atoms with Gasteiger partial charge >= 0.3 is 0 Å². The standard InChI is InChI=1S/C17H14FN3OS/c1-11-6-7-15(13(18)8-11)21-16(22)9-23-17-12-4-2-3-5-14(12)19-10-20-17/h2-8,10H,9H2,1H3,(H,21,22). The van der Waals surface area contributed by atoms with E-state index < -0.39 is 5.82 Å². The van der Waals surface area contributed by atoms with Gasteiger partial charge in [0.15, 0.2) is 0 Å². The molecule has 0 bridgehead atoms. The smallest absolute Gasteiger partial charge is 0.234 e. The first-order valence-electron chi connectivity index (χ1n) is 7.02. The number of rotatable bonds is 4. The molecule has 4 nitrogen and oxygen atoms in total. The Morgan fingerprint density at radius 3 is 2.87 bits per heavy atom. The van der Waals surface area contributed by atoms with Crippen LogP contribution < -0.4 is 5.32 Å². The molecule has 0 spiro atoms. The van der Waals surface area contributed by atoms with Gasteiger partial charge in [0.25, 0.3) is 0 Å². The van der Waals surface area contributed by atoms with Crippen molar-refractivity contribution in [3.05, 3.63) is 60.2 Å². The maximum Gasteiger partial charge on any atom is 0.234 e. The number of halogens is 1. The highest BCUT2D eigenvalue weighted by Gasteiger charge is 2.10. The van der Waals surface area contributed by atoms with Crippen LogP contribution in [0.15, 0.2) is 53.8 Å². The number of nitrogens with zero attached hydrogens (tertiary/aromatic N) is 2. The first kappa shape index (κ1) is 15.4. The molecule has 0 aliphatic heterocycles. The highest BCUT2D eigenvalue weighted by atomic mass is 32.2. The minimum atomic E-state index is -0.434. The van der Waals surface area contributed by atoms with E-state index in [1.807, 2.05) is 24.3 Å². The molecule has 3 aromatic rings. The molecule has 116 valence electrons. The summed E-state index contributed by atoms with van der Waals surface area (Å²) in [6.45, 7) is 1.80. The van der Waals surface area contributed by atoms with Gasteiger partial charge < -0.3 is 5.32 Å². The van der Waals surface area contributed by atoms with Crippen LogP contribution in [-0.2, 0) is 4.79 Å². The summed E-state index contributed by atoms with van der Waals surface area (Å²) < 4.78 is 13.7. The number of fused-ring (bicyclic) bond motifs is 1. The number of benzene rings is 2. The predicted octanol–water partition coefficient (Wildman–Crippen LogP) is 3.81. The van der Waals surface area contributed by atoms with Gasteiger partial charge in [-0.3, -0.25) is 4.79 Å². The highest BCUT2D eigenvalue weighted by molar-refractivity contribution is 8.00. The molecule has 0 saturated heterocycles. The summed E-state index contributed by atoms with van der Waals surface area (Å²) in [6, 6.07) is 12.3. The third-order valence-electron chi connectivity index (χ3n) is 3.24. The SMILES string of the molecule is Cc1ccc(NC(=O)CSc2ncnc3ccccc23)c(F)c1. The Kier molecular flexibility index (Phi) is 4.52. The normalized spacial score (nSPS) is 10.7. The number of carbonyl (C=O) groups is 1. The summed E-state index contributed by atoms with van der Waals surface area (Å²) in [5.41, 5.74) is 1.83. The van der Waals surface area contributed by atoms with Crippen LogP contribution in [0.1, 0.15) is 5.56 Å². The van der Waals surface area contributed by atoms with E-state index in [1.165, 1.54) is 24.2 Å². The van der Waals surface area contributed by atoms with E-state index >= 15 is 0 Å². The van der Waals surface area contributed by atoms with Crippen LogP contribution in [-0.4, -0.2) is 21.6 Å². The largest absolute Gasteiger partial charge is 0.323 e. The minimum Gasteiger partial charge on any atom is -0.323 e. The van der Waals surface area contributed by atoms with E-state index in [2.05, 4.69) is 15.3 Å². The lowest BCUT2D eigenvalue weighted by Gasteiger charge is -2.07. The molecule has 3 rings (SSSR count). The van der Waals surface area contributed by atoms with Crippen LogP contribution in [0, 0.1) is 12.7 Å². The molecule has 2 aromatic carbocycles. The van der Waals surface area contributed by atoms with Crippen molar-refractivity contribution in [2.75, 3.05) is 11.1 Å². The number of aromatic nitrogens is 2. The lowest BCUT2D eigenvalue weighted by Crippen LogP contribution is -2.15. The number of carbonyl (C=O) groups excluding carboxylic acids is 1. The second kappa shape index (κ2) is 6.75. The Labute approximate surface area is 137 Å². The molecule has 0 unspecified atom stereocenters. The maximum atomic E-state index is 13.7. The Morgan fingerprint density at radius 2 is 2.04 bits per heavy atom. The van der Waals surface area contributed by atoms with Crippen LogP contribution in [0.5, 0.6) is 0 Å². The van der Waals surface area contributed by atoms with Crippen molar-refractivity contribution in [2.45, 2.75) is 11.9 Å². The molecular weight excluding hydrogens is 313 g/mol. The summed E-state index contributed by atoms with van der Waals surface area (Å²) >= 11 is 1.30. The molecule has 1 N–H and O–H groups in total. The Bertz CT molecular complexity index is 864. The van der Waals surface area contributed by atoms with Gasteiger partial charge in [-0.1, -0.05) is 36.0 Å². The Morgan fingerprint density at radius 1 is 1.22 bits per heavy atom. The molecule has 1 heterocycles. The topological polar surface area (TPSA) is 54.9 Å². The highest BCUT2D eigenvalue weighted by Crippen LogP contribution is 2.24. The van der Waals surface area contributed by atoms with Gasteiger partial charge in [-0.05, 0) is 30.7 Å². The average molecular weight is 327 g/mol. The molecule has 0 aliphatic carbocycles. The van der Waals surface area contributed by atoms with Crippen molar-refractivity contribution < 1.29 is 9.18 Å². The molecule has 23 heavy (non-hydrogen) atoms. The van der Waals surface area contributed by atoms with Crippen LogP contribution in [0.4, 0.5) is 10.1 Å². The zero-order valence-corrected chi connectivity index (χ0v) is 13.2. The molecule has 6 heteroatoms. The fraction of sp³-hybridized carbons (Fsp3) is 0.118. The molecule has 0 atom stereocenters. The molecule has 0 radical (unpaired) electrons. The van der Waals surface area contributed by atoms with Crippen molar-refractivity contribution in [3.63, 3.8) is 0 Å². The van der Waals surface area contributed by atoms with Gasteiger partial charge in [0, 0.05) is 5.39 Å². The van der Waals surface area contributed by atoms with E-state index in [4.69, 9.17) is 0 Å². The summed E-state index contributed by atoms with van der Waals surface area (Å²) in [5, 5.41) is 4.21. The van der Waals surface area contributed by atoms with E-state index in [-0.39, 0.29) is 17.3 Å². The third-order valence-corrected chi connectivity index (χ3v) is 4.25. The number of hydrogen-bond donors (Lipinski definition) is 1. The molecule has 1 aromatic heterocycles. The number of aryl methyl sites for hydroxylation is 1. The molecule has 0 aliphatic rings. The van der Waals surface area contributed by atoms with Gasteiger partial charge in [-0.15, -0.1) is 0 Å². The predicted molar refractivity (Wildman–Crippen MR) is 90.0 cm³/mol. The Hall–Kier alpha value is -2.47. The second-order valence-electron chi connectivity index (χ2n) is 5.02. The van der Waals surface area contributed by atoms with Crippen molar-refractivity contribution >= 4 is 34.3 Å². The van der Waals surface area contributed by atoms with Gasteiger partial charge in [0.1, 0.15) is 17.2 Å². The van der Waals surface area contributed by atoms with Crippen LogP contribution in [0.25, 0.3) is 10.9 Å². The maximum absolute atomic E-state index is 13.7. The van der Waals surface area contributed by atoms with Gasteiger partial charge in [0.05, 0.1) is 17.0 Å². The quantitative estimate of drug-likeness (QED) is 0.585. The van der Waals surface area contributed by atoms with E-state index in [1.54, 1.807) is 19.1 Å². The Balaban J connectivity index is 1.69. The van der Waals surface area contributed by atoms with Crippen molar-refractivity contribution in [1.29, 1.82) is 0 Å².